The number of anilines is 1. The lowest BCUT2D eigenvalue weighted by atomic mass is 10.2. The van der Waals surface area contributed by atoms with Gasteiger partial charge in [-0.3, -0.25) is 0 Å². The van der Waals surface area contributed by atoms with Gasteiger partial charge in [0.05, 0.1) is 32.5 Å². The maximum Gasteiger partial charge on any atom is 0.339 e. The van der Waals surface area contributed by atoms with Crippen LogP contribution in [0.5, 0.6) is 0 Å². The van der Waals surface area contributed by atoms with Crippen LogP contribution in [0.3, 0.4) is 0 Å². The summed E-state index contributed by atoms with van der Waals surface area (Å²) in [4.78, 5) is 29.4. The quantitative estimate of drug-likeness (QED) is 0.754. The largest absolute Gasteiger partial charge is 0.467 e. The van der Waals surface area contributed by atoms with Gasteiger partial charge < -0.3 is 19.1 Å². The second-order valence-electron chi connectivity index (χ2n) is 4.43. The summed E-state index contributed by atoms with van der Waals surface area (Å²) in [6.07, 6.45) is 1.44. The highest BCUT2D eigenvalue weighted by molar-refractivity contribution is 5.89. The lowest BCUT2D eigenvalue weighted by Gasteiger charge is -2.34. The van der Waals surface area contributed by atoms with E-state index in [9.17, 15) is 9.59 Å². The Balaban J connectivity index is 2.16. The maximum atomic E-state index is 11.8. The monoisotopic (exact) mass is 294 g/mol. The van der Waals surface area contributed by atoms with Crippen molar-refractivity contribution in [2.24, 2.45) is 0 Å². The van der Waals surface area contributed by atoms with E-state index in [-0.39, 0.29) is 12.6 Å². The number of methoxy groups -OCH3 is 1. The minimum absolute atomic E-state index is 0.258. The van der Waals surface area contributed by atoms with Crippen LogP contribution in [0.4, 0.5) is 5.82 Å². The Bertz CT molecular complexity index is 503. The number of hydrogen-bond donors (Lipinski definition) is 0. The topological polar surface area (TPSA) is 78.0 Å². The Morgan fingerprint density at radius 2 is 2.29 bits per heavy atom. The summed E-state index contributed by atoms with van der Waals surface area (Å²) in [7, 11) is 1.34. The smallest absolute Gasteiger partial charge is 0.339 e. The minimum atomic E-state index is -0.523. The van der Waals surface area contributed by atoms with Crippen LogP contribution in [0, 0.1) is 0 Å². The van der Waals surface area contributed by atoms with E-state index in [0.717, 1.165) is 0 Å². The first-order chi connectivity index (χ1) is 10.2. The molecule has 1 aromatic rings. The third-order valence-electron chi connectivity index (χ3n) is 3.16. The van der Waals surface area contributed by atoms with E-state index < -0.39 is 12.0 Å². The number of carbonyl (C=O) groups is 2. The van der Waals surface area contributed by atoms with Gasteiger partial charge in [0.2, 0.25) is 0 Å². The molecule has 0 saturated carbocycles. The van der Waals surface area contributed by atoms with Gasteiger partial charge in [0.1, 0.15) is 5.82 Å². The van der Waals surface area contributed by atoms with Crippen molar-refractivity contribution in [1.29, 1.82) is 0 Å². The highest BCUT2D eigenvalue weighted by Gasteiger charge is 2.31. The minimum Gasteiger partial charge on any atom is -0.467 e. The lowest BCUT2D eigenvalue weighted by Crippen LogP contribution is -2.51. The van der Waals surface area contributed by atoms with Gasteiger partial charge in [0.15, 0.2) is 6.04 Å². The fourth-order valence-electron chi connectivity index (χ4n) is 2.10. The summed E-state index contributed by atoms with van der Waals surface area (Å²) in [6, 6.07) is 2.79. The number of carbonyl (C=O) groups excluding carboxylic acids is 2. The average Bonchev–Trinajstić information content (AvgIpc) is 2.54. The first-order valence-corrected chi connectivity index (χ1v) is 6.72. The van der Waals surface area contributed by atoms with Gasteiger partial charge in [-0.05, 0) is 19.1 Å². The molecule has 21 heavy (non-hydrogen) atoms. The van der Waals surface area contributed by atoms with Crippen LogP contribution < -0.4 is 4.90 Å². The summed E-state index contributed by atoms with van der Waals surface area (Å²) >= 11 is 0. The van der Waals surface area contributed by atoms with Gasteiger partial charge in [-0.2, -0.15) is 0 Å². The van der Waals surface area contributed by atoms with E-state index in [1.165, 1.54) is 13.3 Å². The van der Waals surface area contributed by atoms with E-state index in [0.29, 0.717) is 31.1 Å². The molecule has 1 aromatic heterocycles. The zero-order valence-electron chi connectivity index (χ0n) is 12.1. The van der Waals surface area contributed by atoms with Crippen molar-refractivity contribution >= 4 is 17.8 Å². The Hall–Kier alpha value is -2.15. The molecule has 1 unspecified atom stereocenters. The van der Waals surface area contributed by atoms with Crippen LogP contribution in [-0.4, -0.2) is 56.4 Å². The van der Waals surface area contributed by atoms with Gasteiger partial charge in [-0.25, -0.2) is 14.6 Å². The molecular weight excluding hydrogens is 276 g/mol. The molecule has 114 valence electrons. The van der Waals surface area contributed by atoms with Crippen LogP contribution >= 0.6 is 0 Å². The first kappa shape index (κ1) is 15.2. The standard InChI is InChI=1S/C14H18N2O5/c1-3-21-13(17)10-4-5-12(15-8-10)16-6-7-20-9-11(16)14(18)19-2/h4-5,8,11H,3,6-7,9H2,1-2H3. The molecule has 7 heteroatoms. The van der Waals surface area contributed by atoms with Gasteiger partial charge in [-0.15, -0.1) is 0 Å². The molecule has 0 amide bonds. The van der Waals surface area contributed by atoms with Crippen molar-refractivity contribution in [3.05, 3.63) is 23.9 Å². The molecule has 0 spiro atoms. The maximum absolute atomic E-state index is 11.8. The van der Waals surface area contributed by atoms with Crippen molar-refractivity contribution in [3.8, 4) is 0 Å². The van der Waals surface area contributed by atoms with Gasteiger partial charge in [0.25, 0.3) is 0 Å². The molecule has 1 atom stereocenters. The molecule has 0 bridgehead atoms. The second kappa shape index (κ2) is 7.03. The molecule has 7 nitrogen and oxygen atoms in total. The molecule has 1 fully saturated rings. The van der Waals surface area contributed by atoms with Crippen molar-refractivity contribution in [1.82, 2.24) is 4.98 Å². The van der Waals surface area contributed by atoms with E-state index in [2.05, 4.69) is 4.98 Å². The van der Waals surface area contributed by atoms with Crippen molar-refractivity contribution in [2.75, 3.05) is 38.4 Å². The summed E-state index contributed by atoms with van der Waals surface area (Å²) in [6.45, 7) is 3.36. The molecule has 2 heterocycles. The average molecular weight is 294 g/mol. The molecular formula is C14H18N2O5. The number of pyridine rings is 1. The molecule has 1 aliphatic heterocycles. The molecule has 0 N–H and O–H groups in total. The van der Waals surface area contributed by atoms with Crippen LogP contribution in [0.15, 0.2) is 18.3 Å². The summed E-state index contributed by atoms with van der Waals surface area (Å²) in [5.74, 6) is -0.184. The number of hydrogen-bond acceptors (Lipinski definition) is 7. The fraction of sp³-hybridized carbons (Fsp3) is 0.500. The highest BCUT2D eigenvalue weighted by atomic mass is 16.5. The lowest BCUT2D eigenvalue weighted by molar-refractivity contribution is -0.144. The van der Waals surface area contributed by atoms with E-state index in [1.54, 1.807) is 19.1 Å². The molecule has 0 aliphatic carbocycles. The van der Waals surface area contributed by atoms with Crippen LogP contribution in [0.1, 0.15) is 17.3 Å². The summed E-state index contributed by atoms with van der Waals surface area (Å²) in [5, 5.41) is 0. The number of rotatable bonds is 4. The number of nitrogens with zero attached hydrogens (tertiary/aromatic N) is 2. The molecule has 1 saturated heterocycles. The van der Waals surface area contributed by atoms with E-state index >= 15 is 0 Å². The summed E-state index contributed by atoms with van der Waals surface area (Å²) < 4.78 is 15.0. The van der Waals surface area contributed by atoms with E-state index in [1.807, 2.05) is 4.90 Å². The predicted octanol–water partition coefficient (Wildman–Crippen LogP) is 0.636. The van der Waals surface area contributed by atoms with Crippen LogP contribution in [-0.2, 0) is 19.0 Å². The Morgan fingerprint density at radius 3 is 2.90 bits per heavy atom. The zero-order chi connectivity index (χ0) is 15.2. The number of morpholine rings is 1. The molecule has 0 radical (unpaired) electrons. The second-order valence-corrected chi connectivity index (χ2v) is 4.43. The highest BCUT2D eigenvalue weighted by Crippen LogP contribution is 2.18. The first-order valence-electron chi connectivity index (χ1n) is 6.72. The van der Waals surface area contributed by atoms with Gasteiger partial charge in [0, 0.05) is 12.7 Å². The molecule has 2 rings (SSSR count). The third-order valence-corrected chi connectivity index (χ3v) is 3.16. The van der Waals surface area contributed by atoms with Crippen molar-refractivity contribution < 1.29 is 23.8 Å². The normalized spacial score (nSPS) is 18.2. The van der Waals surface area contributed by atoms with Crippen molar-refractivity contribution in [2.45, 2.75) is 13.0 Å². The Morgan fingerprint density at radius 1 is 1.48 bits per heavy atom. The van der Waals surface area contributed by atoms with Crippen molar-refractivity contribution in [3.63, 3.8) is 0 Å². The van der Waals surface area contributed by atoms with E-state index in [4.69, 9.17) is 14.2 Å². The zero-order valence-corrected chi connectivity index (χ0v) is 12.1. The predicted molar refractivity (Wildman–Crippen MR) is 74.2 cm³/mol. The SMILES string of the molecule is CCOC(=O)c1ccc(N2CCOCC2C(=O)OC)nc1. The Kier molecular flexibility index (Phi) is 5.10. The van der Waals surface area contributed by atoms with Gasteiger partial charge in [-0.1, -0.05) is 0 Å². The molecule has 0 aromatic carbocycles. The van der Waals surface area contributed by atoms with Crippen LogP contribution in [0.25, 0.3) is 0 Å². The number of aromatic nitrogens is 1. The molecule has 1 aliphatic rings. The fourth-order valence-corrected chi connectivity index (χ4v) is 2.10. The number of esters is 2. The summed E-state index contributed by atoms with van der Waals surface area (Å²) in [5.41, 5.74) is 0.378. The van der Waals surface area contributed by atoms with Gasteiger partial charge >= 0.3 is 11.9 Å². The number of ether oxygens (including phenoxy) is 3. The van der Waals surface area contributed by atoms with Crippen LogP contribution in [0.2, 0.25) is 0 Å². The Labute approximate surface area is 122 Å². The third kappa shape index (κ3) is 3.49.